The molecule has 0 bridgehead atoms. The zero-order chi connectivity index (χ0) is 19.1. The van der Waals surface area contributed by atoms with Gasteiger partial charge < -0.3 is 24.8 Å². The van der Waals surface area contributed by atoms with Crippen molar-refractivity contribution in [3.8, 4) is 17.2 Å². The van der Waals surface area contributed by atoms with Crippen molar-refractivity contribution >= 4 is 40.5 Å². The Morgan fingerprint density at radius 3 is 1.92 bits per heavy atom. The van der Waals surface area contributed by atoms with E-state index in [1.54, 1.807) is 33.5 Å². The van der Waals surface area contributed by atoms with E-state index >= 15 is 0 Å². The lowest BCUT2D eigenvalue weighted by molar-refractivity contribution is 0.323. The summed E-state index contributed by atoms with van der Waals surface area (Å²) in [5.74, 6) is 1.75. The highest BCUT2D eigenvalue weighted by atomic mass is 35.5. The van der Waals surface area contributed by atoms with Crippen LogP contribution < -0.4 is 24.8 Å². The molecule has 0 saturated carbocycles. The zero-order valence-corrected chi connectivity index (χ0v) is 17.0. The smallest absolute Gasteiger partial charge is 0.203 e. The van der Waals surface area contributed by atoms with E-state index in [2.05, 4.69) is 10.6 Å². The highest BCUT2D eigenvalue weighted by molar-refractivity contribution is 7.80. The fourth-order valence-corrected chi connectivity index (χ4v) is 2.78. The molecule has 2 aromatic rings. The fraction of sp³-hybridized carbons (Fsp3) is 0.278. The molecule has 0 aliphatic rings. The molecule has 0 aromatic heterocycles. The fourth-order valence-electron chi connectivity index (χ4n) is 2.31. The lowest BCUT2D eigenvalue weighted by atomic mass is 10.2. The van der Waals surface area contributed by atoms with Gasteiger partial charge in [0.05, 0.1) is 31.4 Å². The van der Waals surface area contributed by atoms with Crippen LogP contribution in [0.4, 0.5) is 0 Å². The maximum Gasteiger partial charge on any atom is 0.203 e. The Kier molecular flexibility index (Phi) is 7.63. The van der Waals surface area contributed by atoms with E-state index in [1.807, 2.05) is 18.2 Å². The number of thiocarbonyl (C=S) groups is 1. The van der Waals surface area contributed by atoms with Crippen LogP contribution in [0.1, 0.15) is 11.1 Å². The molecule has 0 spiro atoms. The van der Waals surface area contributed by atoms with Crippen LogP contribution in [0, 0.1) is 0 Å². The second kappa shape index (κ2) is 9.71. The van der Waals surface area contributed by atoms with Gasteiger partial charge in [-0.05, 0) is 47.6 Å². The summed E-state index contributed by atoms with van der Waals surface area (Å²) in [7, 11) is 4.73. The zero-order valence-electron chi connectivity index (χ0n) is 14.7. The van der Waals surface area contributed by atoms with Gasteiger partial charge in [0.25, 0.3) is 0 Å². The summed E-state index contributed by atoms with van der Waals surface area (Å²) in [6.45, 7) is 1.04. The van der Waals surface area contributed by atoms with Gasteiger partial charge in [0, 0.05) is 13.1 Å². The average Bonchev–Trinajstić information content (AvgIpc) is 2.66. The van der Waals surface area contributed by atoms with Gasteiger partial charge in [0.2, 0.25) is 5.75 Å². The molecule has 5 nitrogen and oxygen atoms in total. The number of hydrogen-bond donors (Lipinski definition) is 2. The summed E-state index contributed by atoms with van der Waals surface area (Å²) in [4.78, 5) is 0. The standard InChI is InChI=1S/C18H20Cl2N2O3S/c1-23-15-7-12(8-16(24-2)17(15)25-3)10-22-18(26)21-9-11-4-5-13(19)14(20)6-11/h4-8H,9-10H2,1-3H3,(H2,21,22,26). The summed E-state index contributed by atoms with van der Waals surface area (Å²) in [5.41, 5.74) is 1.93. The van der Waals surface area contributed by atoms with Gasteiger partial charge in [-0.1, -0.05) is 29.3 Å². The van der Waals surface area contributed by atoms with E-state index in [4.69, 9.17) is 49.6 Å². The monoisotopic (exact) mass is 414 g/mol. The molecular weight excluding hydrogens is 395 g/mol. The lowest BCUT2D eigenvalue weighted by Crippen LogP contribution is -2.34. The Bertz CT molecular complexity index is 762. The molecule has 2 rings (SSSR count). The summed E-state index contributed by atoms with van der Waals surface area (Å²) in [5, 5.41) is 7.83. The second-order valence-corrected chi connectivity index (χ2v) is 6.54. The third kappa shape index (κ3) is 5.30. The van der Waals surface area contributed by atoms with E-state index in [0.29, 0.717) is 45.5 Å². The Morgan fingerprint density at radius 2 is 1.42 bits per heavy atom. The van der Waals surface area contributed by atoms with Crippen LogP contribution >= 0.6 is 35.4 Å². The molecule has 0 fully saturated rings. The van der Waals surface area contributed by atoms with Crippen LogP contribution in [-0.4, -0.2) is 26.4 Å². The van der Waals surface area contributed by atoms with Crippen molar-refractivity contribution in [3.63, 3.8) is 0 Å². The predicted molar refractivity (Wildman–Crippen MR) is 109 cm³/mol. The third-order valence-corrected chi connectivity index (χ3v) is 4.64. The number of nitrogens with one attached hydrogen (secondary N) is 2. The van der Waals surface area contributed by atoms with E-state index in [-0.39, 0.29) is 0 Å². The Balaban J connectivity index is 1.95. The molecular formula is C18H20Cl2N2O3S. The number of rotatable bonds is 7. The van der Waals surface area contributed by atoms with Crippen molar-refractivity contribution in [2.75, 3.05) is 21.3 Å². The molecule has 0 radical (unpaired) electrons. The molecule has 0 aliphatic carbocycles. The Hall–Kier alpha value is -1.89. The van der Waals surface area contributed by atoms with Crippen LogP contribution in [0.15, 0.2) is 30.3 Å². The number of methoxy groups -OCH3 is 3. The molecule has 2 N–H and O–H groups in total. The summed E-state index contributed by atoms with van der Waals surface area (Å²) < 4.78 is 16.0. The summed E-state index contributed by atoms with van der Waals surface area (Å²) in [6.07, 6.45) is 0. The van der Waals surface area contributed by atoms with E-state index in [0.717, 1.165) is 11.1 Å². The van der Waals surface area contributed by atoms with Gasteiger partial charge in [-0.25, -0.2) is 0 Å². The molecule has 26 heavy (non-hydrogen) atoms. The van der Waals surface area contributed by atoms with Gasteiger partial charge in [-0.15, -0.1) is 0 Å². The molecule has 0 amide bonds. The quantitative estimate of drug-likeness (QED) is 0.662. The van der Waals surface area contributed by atoms with Gasteiger partial charge in [0.15, 0.2) is 16.6 Å². The first-order valence-corrected chi connectivity index (χ1v) is 8.89. The number of ether oxygens (including phenoxy) is 3. The molecule has 2 aromatic carbocycles. The third-order valence-electron chi connectivity index (χ3n) is 3.61. The molecule has 0 heterocycles. The van der Waals surface area contributed by atoms with Crippen LogP contribution in [0.5, 0.6) is 17.2 Å². The van der Waals surface area contributed by atoms with Crippen LogP contribution in [0.2, 0.25) is 10.0 Å². The molecule has 0 unspecified atom stereocenters. The van der Waals surface area contributed by atoms with E-state index < -0.39 is 0 Å². The first kappa shape index (κ1) is 20.4. The summed E-state index contributed by atoms with van der Waals surface area (Å²) in [6, 6.07) is 9.20. The van der Waals surface area contributed by atoms with E-state index in [1.165, 1.54) is 0 Å². The van der Waals surface area contributed by atoms with Crippen molar-refractivity contribution < 1.29 is 14.2 Å². The molecule has 0 saturated heterocycles. The van der Waals surface area contributed by atoms with Crippen LogP contribution in [0.3, 0.4) is 0 Å². The van der Waals surface area contributed by atoms with E-state index in [9.17, 15) is 0 Å². The normalized spacial score (nSPS) is 10.2. The van der Waals surface area contributed by atoms with Crippen molar-refractivity contribution in [1.29, 1.82) is 0 Å². The first-order valence-electron chi connectivity index (χ1n) is 7.73. The lowest BCUT2D eigenvalue weighted by Gasteiger charge is -2.15. The SMILES string of the molecule is COc1cc(CNC(=S)NCc2ccc(Cl)c(Cl)c2)cc(OC)c1OC. The number of benzene rings is 2. The minimum absolute atomic E-state index is 0.504. The molecule has 140 valence electrons. The highest BCUT2D eigenvalue weighted by Gasteiger charge is 2.13. The van der Waals surface area contributed by atoms with Gasteiger partial charge >= 0.3 is 0 Å². The largest absolute Gasteiger partial charge is 0.493 e. The van der Waals surface area contributed by atoms with Crippen molar-refractivity contribution in [2.24, 2.45) is 0 Å². The van der Waals surface area contributed by atoms with Gasteiger partial charge in [-0.3, -0.25) is 0 Å². The van der Waals surface area contributed by atoms with Gasteiger partial charge in [-0.2, -0.15) is 0 Å². The minimum Gasteiger partial charge on any atom is -0.493 e. The predicted octanol–water partition coefficient (Wildman–Crippen LogP) is 4.18. The Labute approximate surface area is 168 Å². The van der Waals surface area contributed by atoms with Crippen LogP contribution in [-0.2, 0) is 13.1 Å². The average molecular weight is 415 g/mol. The van der Waals surface area contributed by atoms with Crippen LogP contribution in [0.25, 0.3) is 0 Å². The van der Waals surface area contributed by atoms with Crippen molar-refractivity contribution in [1.82, 2.24) is 10.6 Å². The molecule has 0 atom stereocenters. The highest BCUT2D eigenvalue weighted by Crippen LogP contribution is 2.38. The van der Waals surface area contributed by atoms with Crippen molar-refractivity contribution in [2.45, 2.75) is 13.1 Å². The van der Waals surface area contributed by atoms with Crippen molar-refractivity contribution in [3.05, 3.63) is 51.5 Å². The topological polar surface area (TPSA) is 51.8 Å². The maximum atomic E-state index is 6.01. The molecule has 0 aliphatic heterocycles. The second-order valence-electron chi connectivity index (χ2n) is 5.32. The van der Waals surface area contributed by atoms with Gasteiger partial charge in [0.1, 0.15) is 0 Å². The first-order chi connectivity index (χ1) is 12.5. The number of halogens is 2. The maximum absolute atomic E-state index is 6.01. The number of hydrogen-bond acceptors (Lipinski definition) is 4. The summed E-state index contributed by atoms with van der Waals surface area (Å²) >= 11 is 17.2. The molecule has 8 heteroatoms. The Morgan fingerprint density at radius 1 is 0.846 bits per heavy atom. The minimum atomic E-state index is 0.504.